The van der Waals surface area contributed by atoms with E-state index in [0.717, 1.165) is 5.56 Å². The van der Waals surface area contributed by atoms with Gasteiger partial charge < -0.3 is 25.6 Å². The third kappa shape index (κ3) is 6.08. The minimum atomic E-state index is -0.472. The Hall–Kier alpha value is -1.79. The Kier molecular flexibility index (Phi) is 6.70. The van der Waals surface area contributed by atoms with Crippen LogP contribution < -0.4 is 15.8 Å². The molecule has 0 saturated heterocycles. The molecule has 1 aromatic carbocycles. The minimum Gasteiger partial charge on any atom is -0.504 e. The summed E-state index contributed by atoms with van der Waals surface area (Å²) < 4.78 is 10.3. The molecule has 0 fully saturated rings. The van der Waals surface area contributed by atoms with Crippen LogP contribution in [0.15, 0.2) is 18.2 Å². The SMILES string of the molecule is CCOc1cc(CNCCOCC(N)=O)ccc1O. The van der Waals surface area contributed by atoms with E-state index in [9.17, 15) is 9.90 Å². The number of carbonyl (C=O) groups excluding carboxylic acids is 1. The number of phenols is 1. The van der Waals surface area contributed by atoms with Crippen LogP contribution >= 0.6 is 0 Å². The van der Waals surface area contributed by atoms with E-state index in [1.54, 1.807) is 12.1 Å². The first kappa shape index (κ1) is 15.3. The molecule has 0 saturated carbocycles. The predicted octanol–water partition coefficient (Wildman–Crippen LogP) is 0.382. The van der Waals surface area contributed by atoms with Crippen molar-refractivity contribution in [2.75, 3.05) is 26.4 Å². The first-order chi connectivity index (χ1) is 9.13. The van der Waals surface area contributed by atoms with E-state index < -0.39 is 5.91 Å². The zero-order valence-corrected chi connectivity index (χ0v) is 11.0. The second kappa shape index (κ2) is 8.34. The summed E-state index contributed by atoms with van der Waals surface area (Å²) in [6.07, 6.45) is 0. The number of nitrogens with one attached hydrogen (secondary N) is 1. The molecule has 4 N–H and O–H groups in total. The van der Waals surface area contributed by atoms with Gasteiger partial charge in [-0.3, -0.25) is 4.79 Å². The minimum absolute atomic E-state index is 0.0601. The summed E-state index contributed by atoms with van der Waals surface area (Å²) in [4.78, 5) is 10.4. The summed E-state index contributed by atoms with van der Waals surface area (Å²) in [7, 11) is 0. The molecular formula is C13H20N2O4. The molecule has 1 aromatic rings. The van der Waals surface area contributed by atoms with Crippen molar-refractivity contribution in [3.8, 4) is 11.5 Å². The van der Waals surface area contributed by atoms with Gasteiger partial charge in [0.25, 0.3) is 0 Å². The second-order valence-corrected chi connectivity index (χ2v) is 3.93. The molecule has 0 aliphatic rings. The van der Waals surface area contributed by atoms with E-state index >= 15 is 0 Å². The number of amides is 1. The van der Waals surface area contributed by atoms with Gasteiger partial charge >= 0.3 is 0 Å². The van der Waals surface area contributed by atoms with Crippen molar-refractivity contribution in [2.45, 2.75) is 13.5 Å². The van der Waals surface area contributed by atoms with Gasteiger partial charge in [0.2, 0.25) is 5.91 Å². The van der Waals surface area contributed by atoms with Gasteiger partial charge in [-0.15, -0.1) is 0 Å². The number of hydrogen-bond donors (Lipinski definition) is 3. The molecule has 0 aliphatic carbocycles. The Bertz CT molecular complexity index is 410. The van der Waals surface area contributed by atoms with E-state index in [4.69, 9.17) is 15.2 Å². The molecule has 0 spiro atoms. The Morgan fingerprint density at radius 2 is 2.26 bits per heavy atom. The van der Waals surface area contributed by atoms with Crippen LogP contribution in [0.25, 0.3) is 0 Å². The highest BCUT2D eigenvalue weighted by atomic mass is 16.5. The third-order valence-corrected chi connectivity index (χ3v) is 2.32. The molecule has 0 heterocycles. The standard InChI is InChI=1S/C13H20N2O4/c1-2-19-12-7-10(3-4-11(12)16)8-15-5-6-18-9-13(14)17/h3-4,7,15-16H,2,5-6,8-9H2,1H3,(H2,14,17). The lowest BCUT2D eigenvalue weighted by atomic mass is 10.2. The van der Waals surface area contributed by atoms with Crippen LogP contribution in [-0.2, 0) is 16.1 Å². The molecule has 0 bridgehead atoms. The molecule has 1 amide bonds. The fraction of sp³-hybridized carbons (Fsp3) is 0.462. The van der Waals surface area contributed by atoms with E-state index in [1.807, 2.05) is 13.0 Å². The summed E-state index contributed by atoms with van der Waals surface area (Å²) in [5, 5.41) is 12.7. The lowest BCUT2D eigenvalue weighted by molar-refractivity contribution is -0.122. The van der Waals surface area contributed by atoms with Gasteiger partial charge in [-0.05, 0) is 24.6 Å². The van der Waals surface area contributed by atoms with Gasteiger partial charge in [0.05, 0.1) is 13.2 Å². The van der Waals surface area contributed by atoms with E-state index in [2.05, 4.69) is 5.32 Å². The highest BCUT2D eigenvalue weighted by molar-refractivity contribution is 5.74. The molecular weight excluding hydrogens is 248 g/mol. The molecule has 0 aromatic heterocycles. The third-order valence-electron chi connectivity index (χ3n) is 2.32. The Labute approximate surface area is 112 Å². The lowest BCUT2D eigenvalue weighted by Crippen LogP contribution is -2.23. The molecule has 1 rings (SSSR count). The maximum Gasteiger partial charge on any atom is 0.243 e. The van der Waals surface area contributed by atoms with Crippen molar-refractivity contribution >= 4 is 5.91 Å². The normalized spacial score (nSPS) is 10.4. The molecule has 6 heteroatoms. The number of phenolic OH excluding ortho intramolecular Hbond substituents is 1. The second-order valence-electron chi connectivity index (χ2n) is 3.93. The first-order valence-corrected chi connectivity index (χ1v) is 6.15. The summed E-state index contributed by atoms with van der Waals surface area (Å²) in [6, 6.07) is 5.21. The summed E-state index contributed by atoms with van der Waals surface area (Å²) in [5.74, 6) is 0.141. The van der Waals surface area contributed by atoms with Crippen molar-refractivity contribution in [3.63, 3.8) is 0 Å². The van der Waals surface area contributed by atoms with Crippen molar-refractivity contribution < 1.29 is 19.4 Å². The Morgan fingerprint density at radius 3 is 2.95 bits per heavy atom. The van der Waals surface area contributed by atoms with Gasteiger partial charge in [0.15, 0.2) is 11.5 Å². The van der Waals surface area contributed by atoms with Gasteiger partial charge in [-0.2, -0.15) is 0 Å². The topological polar surface area (TPSA) is 93.8 Å². The molecule has 6 nitrogen and oxygen atoms in total. The quantitative estimate of drug-likeness (QED) is 0.563. The van der Waals surface area contributed by atoms with Crippen molar-refractivity contribution in [2.24, 2.45) is 5.73 Å². The fourth-order valence-corrected chi connectivity index (χ4v) is 1.49. The highest BCUT2D eigenvalue weighted by Crippen LogP contribution is 2.26. The number of rotatable bonds is 9. The van der Waals surface area contributed by atoms with Crippen LogP contribution in [0, 0.1) is 0 Å². The fourth-order valence-electron chi connectivity index (χ4n) is 1.49. The molecule has 0 unspecified atom stereocenters. The smallest absolute Gasteiger partial charge is 0.243 e. The number of primary amides is 1. The zero-order valence-electron chi connectivity index (χ0n) is 11.0. The number of nitrogens with two attached hydrogens (primary N) is 1. The number of ether oxygens (including phenoxy) is 2. The van der Waals surface area contributed by atoms with Crippen LogP contribution in [0.3, 0.4) is 0 Å². The average Bonchev–Trinajstić information content (AvgIpc) is 2.37. The monoisotopic (exact) mass is 268 g/mol. The van der Waals surface area contributed by atoms with Crippen molar-refractivity contribution in [3.05, 3.63) is 23.8 Å². The van der Waals surface area contributed by atoms with Crippen molar-refractivity contribution in [1.82, 2.24) is 5.32 Å². The van der Waals surface area contributed by atoms with Crippen molar-refractivity contribution in [1.29, 1.82) is 0 Å². The molecule has 19 heavy (non-hydrogen) atoms. The first-order valence-electron chi connectivity index (χ1n) is 6.15. The maximum absolute atomic E-state index is 10.4. The molecule has 106 valence electrons. The van der Waals surface area contributed by atoms with Crippen LogP contribution in [0.1, 0.15) is 12.5 Å². The van der Waals surface area contributed by atoms with Crippen LogP contribution in [0.2, 0.25) is 0 Å². The van der Waals surface area contributed by atoms with E-state index in [0.29, 0.717) is 32.1 Å². The Balaban J connectivity index is 2.29. The lowest BCUT2D eigenvalue weighted by Gasteiger charge is -2.09. The highest BCUT2D eigenvalue weighted by Gasteiger charge is 2.03. The van der Waals surface area contributed by atoms with Crippen LogP contribution in [0.4, 0.5) is 0 Å². The number of benzene rings is 1. The average molecular weight is 268 g/mol. The maximum atomic E-state index is 10.4. The largest absolute Gasteiger partial charge is 0.504 e. The number of hydrogen-bond acceptors (Lipinski definition) is 5. The van der Waals surface area contributed by atoms with E-state index in [-0.39, 0.29) is 12.4 Å². The molecule has 0 aliphatic heterocycles. The van der Waals surface area contributed by atoms with Gasteiger partial charge in [0, 0.05) is 13.1 Å². The van der Waals surface area contributed by atoms with Gasteiger partial charge in [-0.25, -0.2) is 0 Å². The van der Waals surface area contributed by atoms with Gasteiger partial charge in [-0.1, -0.05) is 6.07 Å². The number of carbonyl (C=O) groups is 1. The summed E-state index contributed by atoms with van der Waals surface area (Å²) in [6.45, 7) is 3.96. The van der Waals surface area contributed by atoms with Crippen LogP contribution in [0.5, 0.6) is 11.5 Å². The number of aromatic hydroxyl groups is 1. The zero-order chi connectivity index (χ0) is 14.1. The summed E-state index contributed by atoms with van der Waals surface area (Å²) >= 11 is 0. The predicted molar refractivity (Wildman–Crippen MR) is 71.0 cm³/mol. The Morgan fingerprint density at radius 1 is 1.47 bits per heavy atom. The summed E-state index contributed by atoms with van der Waals surface area (Å²) in [5.41, 5.74) is 5.93. The van der Waals surface area contributed by atoms with E-state index in [1.165, 1.54) is 0 Å². The molecule has 0 radical (unpaired) electrons. The van der Waals surface area contributed by atoms with Gasteiger partial charge in [0.1, 0.15) is 6.61 Å². The molecule has 0 atom stereocenters. The van der Waals surface area contributed by atoms with Crippen LogP contribution in [-0.4, -0.2) is 37.4 Å².